The minimum atomic E-state index is 0.575. The van der Waals surface area contributed by atoms with Gasteiger partial charge in [-0.2, -0.15) is 10.5 Å². The van der Waals surface area contributed by atoms with Crippen LogP contribution in [0.4, 0.5) is 0 Å². The van der Waals surface area contributed by atoms with Crippen LogP contribution in [0.3, 0.4) is 0 Å². The third-order valence-electron chi connectivity index (χ3n) is 2.01. The minimum absolute atomic E-state index is 0.575. The molecule has 0 aromatic carbocycles. The van der Waals surface area contributed by atoms with Crippen molar-refractivity contribution in [2.75, 3.05) is 14.1 Å². The Bertz CT molecular complexity index is 100. The molecule has 3 heteroatoms. The Morgan fingerprint density at radius 1 is 1.18 bits per heavy atom. The van der Waals surface area contributed by atoms with Crippen LogP contribution in [0.25, 0.3) is 0 Å². The van der Waals surface area contributed by atoms with Crippen molar-refractivity contribution in [3.05, 3.63) is 0 Å². The monoisotopic (exact) mass is 158 g/mol. The minimum Gasteiger partial charge on any atom is -0.212 e. The molecule has 0 bridgehead atoms. The Labute approximate surface area is 68.6 Å². The third kappa shape index (κ3) is 3.70. The molecular formula is C8H18N2O. The Morgan fingerprint density at radius 3 is 2.36 bits per heavy atom. The highest BCUT2D eigenvalue weighted by Crippen LogP contribution is 2.17. The summed E-state index contributed by atoms with van der Waals surface area (Å²) in [5.41, 5.74) is 3.05. The second-order valence-electron chi connectivity index (χ2n) is 3.36. The van der Waals surface area contributed by atoms with Crippen LogP contribution in [-0.4, -0.2) is 25.2 Å². The highest BCUT2D eigenvalue weighted by molar-refractivity contribution is 4.67. The Morgan fingerprint density at radius 2 is 1.82 bits per heavy atom. The molecule has 1 saturated carbocycles. The molecule has 0 spiro atoms. The van der Waals surface area contributed by atoms with Gasteiger partial charge in [-0.3, -0.25) is 0 Å². The Kier molecular flexibility index (Phi) is 3.83. The SMILES string of the molecule is CN(C)ONC1CCCCC1. The maximum atomic E-state index is 5.16. The molecule has 1 rings (SSSR count). The lowest BCUT2D eigenvalue weighted by atomic mass is 9.96. The van der Waals surface area contributed by atoms with Crippen molar-refractivity contribution in [3.8, 4) is 0 Å². The standard InChI is InChI=1S/C8H18N2O/c1-10(2)11-9-8-6-4-3-5-7-8/h8-9H,3-7H2,1-2H3. The normalized spacial score (nSPS) is 21.0. The van der Waals surface area contributed by atoms with Crippen LogP contribution in [0.15, 0.2) is 0 Å². The predicted octanol–water partition coefficient (Wildman–Crippen LogP) is 1.32. The van der Waals surface area contributed by atoms with E-state index in [4.69, 9.17) is 4.94 Å². The van der Waals surface area contributed by atoms with Gasteiger partial charge in [0.05, 0.1) is 0 Å². The van der Waals surface area contributed by atoms with Gasteiger partial charge in [0, 0.05) is 20.1 Å². The van der Waals surface area contributed by atoms with Crippen molar-refractivity contribution in [2.24, 2.45) is 0 Å². The topological polar surface area (TPSA) is 24.5 Å². The van der Waals surface area contributed by atoms with E-state index in [9.17, 15) is 0 Å². The van der Waals surface area contributed by atoms with Crippen LogP contribution in [0.5, 0.6) is 0 Å². The van der Waals surface area contributed by atoms with Crippen LogP contribution < -0.4 is 5.48 Å². The number of hydrogen-bond acceptors (Lipinski definition) is 3. The summed E-state index contributed by atoms with van der Waals surface area (Å²) in [6.45, 7) is 0. The van der Waals surface area contributed by atoms with Crippen molar-refractivity contribution in [2.45, 2.75) is 38.1 Å². The van der Waals surface area contributed by atoms with Crippen LogP contribution in [0.1, 0.15) is 32.1 Å². The summed E-state index contributed by atoms with van der Waals surface area (Å²) in [4.78, 5) is 5.16. The first-order valence-electron chi connectivity index (χ1n) is 4.39. The number of nitrogens with zero attached hydrogens (tertiary/aromatic N) is 1. The van der Waals surface area contributed by atoms with Gasteiger partial charge in [-0.15, -0.1) is 0 Å². The third-order valence-corrected chi connectivity index (χ3v) is 2.01. The van der Waals surface area contributed by atoms with Gasteiger partial charge in [0.15, 0.2) is 0 Å². The molecule has 66 valence electrons. The largest absolute Gasteiger partial charge is 0.212 e. The van der Waals surface area contributed by atoms with E-state index in [1.807, 2.05) is 14.1 Å². The molecule has 0 saturated heterocycles. The lowest BCUT2D eigenvalue weighted by Crippen LogP contribution is -2.35. The summed E-state index contributed by atoms with van der Waals surface area (Å²) < 4.78 is 0. The lowest BCUT2D eigenvalue weighted by Gasteiger charge is -2.23. The fraction of sp³-hybridized carbons (Fsp3) is 1.00. The zero-order valence-electron chi connectivity index (χ0n) is 7.47. The van der Waals surface area contributed by atoms with Gasteiger partial charge in [-0.05, 0) is 12.8 Å². The Hall–Kier alpha value is -0.120. The molecule has 1 N–H and O–H groups in total. The maximum Gasteiger partial charge on any atom is 0.0341 e. The van der Waals surface area contributed by atoms with Crippen LogP contribution in [-0.2, 0) is 4.94 Å². The van der Waals surface area contributed by atoms with E-state index in [1.165, 1.54) is 32.1 Å². The zero-order chi connectivity index (χ0) is 8.10. The molecule has 0 radical (unpaired) electrons. The van der Waals surface area contributed by atoms with E-state index in [0.717, 1.165) is 0 Å². The van der Waals surface area contributed by atoms with Crippen LogP contribution in [0, 0.1) is 0 Å². The summed E-state index contributed by atoms with van der Waals surface area (Å²) in [5, 5.41) is 1.69. The molecule has 0 aromatic rings. The van der Waals surface area contributed by atoms with Crippen LogP contribution >= 0.6 is 0 Å². The molecule has 0 amide bonds. The van der Waals surface area contributed by atoms with Gasteiger partial charge in [-0.1, -0.05) is 19.3 Å². The molecule has 0 aliphatic heterocycles. The van der Waals surface area contributed by atoms with Gasteiger partial charge in [0.1, 0.15) is 0 Å². The van der Waals surface area contributed by atoms with Crippen molar-refractivity contribution >= 4 is 0 Å². The number of hydroxylamine groups is 3. The summed E-state index contributed by atoms with van der Waals surface area (Å²) in [5.74, 6) is 0. The highest BCUT2D eigenvalue weighted by Gasteiger charge is 2.12. The summed E-state index contributed by atoms with van der Waals surface area (Å²) in [7, 11) is 3.77. The molecule has 0 atom stereocenters. The molecule has 0 aromatic heterocycles. The van der Waals surface area contributed by atoms with E-state index in [0.29, 0.717) is 6.04 Å². The van der Waals surface area contributed by atoms with E-state index in [-0.39, 0.29) is 0 Å². The molecule has 3 nitrogen and oxygen atoms in total. The Balaban J connectivity index is 2.05. The first-order chi connectivity index (χ1) is 5.29. The second kappa shape index (κ2) is 4.70. The molecule has 0 unspecified atom stereocenters. The van der Waals surface area contributed by atoms with Crippen molar-refractivity contribution in [3.63, 3.8) is 0 Å². The van der Waals surface area contributed by atoms with Gasteiger partial charge in [0.25, 0.3) is 0 Å². The highest BCUT2D eigenvalue weighted by atomic mass is 16.8. The fourth-order valence-electron chi connectivity index (χ4n) is 1.40. The molecule has 11 heavy (non-hydrogen) atoms. The summed E-state index contributed by atoms with van der Waals surface area (Å²) >= 11 is 0. The molecule has 1 aliphatic carbocycles. The average molecular weight is 158 g/mol. The van der Waals surface area contributed by atoms with Crippen molar-refractivity contribution in [1.82, 2.24) is 10.5 Å². The number of nitrogens with one attached hydrogen (secondary N) is 1. The van der Waals surface area contributed by atoms with E-state index >= 15 is 0 Å². The smallest absolute Gasteiger partial charge is 0.0341 e. The van der Waals surface area contributed by atoms with Crippen LogP contribution in [0.2, 0.25) is 0 Å². The quantitative estimate of drug-likeness (QED) is 0.627. The number of hydrogen-bond donors (Lipinski definition) is 1. The second-order valence-corrected chi connectivity index (χ2v) is 3.36. The molecular weight excluding hydrogens is 140 g/mol. The zero-order valence-corrected chi connectivity index (χ0v) is 7.47. The summed E-state index contributed by atoms with van der Waals surface area (Å²) in [6.07, 6.45) is 6.59. The van der Waals surface area contributed by atoms with Gasteiger partial charge < -0.3 is 0 Å². The predicted molar refractivity (Wildman–Crippen MR) is 44.8 cm³/mol. The van der Waals surface area contributed by atoms with E-state index in [2.05, 4.69) is 5.48 Å². The fourth-order valence-corrected chi connectivity index (χ4v) is 1.40. The first kappa shape index (κ1) is 8.97. The lowest BCUT2D eigenvalue weighted by molar-refractivity contribution is -0.190. The molecule has 1 aliphatic rings. The van der Waals surface area contributed by atoms with Gasteiger partial charge in [-0.25, -0.2) is 4.94 Å². The maximum absolute atomic E-state index is 5.16. The van der Waals surface area contributed by atoms with Crippen molar-refractivity contribution in [1.29, 1.82) is 0 Å². The molecule has 0 heterocycles. The first-order valence-corrected chi connectivity index (χ1v) is 4.39. The van der Waals surface area contributed by atoms with E-state index < -0.39 is 0 Å². The number of rotatable bonds is 3. The summed E-state index contributed by atoms with van der Waals surface area (Å²) in [6, 6.07) is 0.575. The van der Waals surface area contributed by atoms with Gasteiger partial charge in [0.2, 0.25) is 0 Å². The van der Waals surface area contributed by atoms with Crippen molar-refractivity contribution < 1.29 is 4.94 Å². The average Bonchev–Trinajstić information content (AvgIpc) is 2.03. The van der Waals surface area contributed by atoms with E-state index in [1.54, 1.807) is 5.06 Å². The molecule has 1 fully saturated rings. The van der Waals surface area contributed by atoms with Gasteiger partial charge >= 0.3 is 0 Å².